The maximum absolute atomic E-state index is 12.9. The maximum Gasteiger partial charge on any atom is 0.222 e. The van der Waals surface area contributed by atoms with Crippen LogP contribution in [0.15, 0.2) is 24.5 Å². The summed E-state index contributed by atoms with van der Waals surface area (Å²) in [6.07, 6.45) is 9.47. The smallest absolute Gasteiger partial charge is 0.222 e. The number of hydrogen-bond acceptors (Lipinski definition) is 5. The summed E-state index contributed by atoms with van der Waals surface area (Å²) >= 11 is 0. The summed E-state index contributed by atoms with van der Waals surface area (Å²) in [5.74, 6) is 0.963. The van der Waals surface area contributed by atoms with Crippen molar-refractivity contribution >= 4 is 5.91 Å². The molecule has 0 aromatic carbocycles. The Morgan fingerprint density at radius 1 is 1.07 bits per heavy atom. The molecular weight excluding hydrogens is 374 g/mol. The zero-order valence-electron chi connectivity index (χ0n) is 18.7. The van der Waals surface area contributed by atoms with Crippen LogP contribution in [0.4, 0.5) is 0 Å². The standard InChI is InChI=1S/C24H39N5O/c1-2-26-14-16-29(17-15-26)24(30)8-7-22-20-27(19-21-6-5-10-25-18-21)13-9-23(22)28-11-3-4-12-28/h5-6,10,18,22-23H,2-4,7-9,11-17,19-20H2,1H3/t22-,23+/m0/s1. The van der Waals surface area contributed by atoms with E-state index in [0.717, 1.165) is 58.8 Å². The number of nitrogens with zero attached hydrogens (tertiary/aromatic N) is 5. The third-order valence-electron chi connectivity index (χ3n) is 7.42. The lowest BCUT2D eigenvalue weighted by molar-refractivity contribution is -0.133. The van der Waals surface area contributed by atoms with Crippen molar-refractivity contribution in [3.05, 3.63) is 30.1 Å². The minimum atomic E-state index is 0.371. The highest BCUT2D eigenvalue weighted by Crippen LogP contribution is 2.29. The number of piperidine rings is 1. The van der Waals surface area contributed by atoms with Crippen LogP contribution in [0.2, 0.25) is 0 Å². The van der Waals surface area contributed by atoms with Crippen LogP contribution in [0.5, 0.6) is 0 Å². The molecule has 6 nitrogen and oxygen atoms in total. The van der Waals surface area contributed by atoms with Gasteiger partial charge in [-0.05, 0) is 69.4 Å². The lowest BCUT2D eigenvalue weighted by atomic mass is 9.86. The van der Waals surface area contributed by atoms with E-state index in [-0.39, 0.29) is 0 Å². The number of carbonyl (C=O) groups is 1. The summed E-state index contributed by atoms with van der Waals surface area (Å²) in [4.78, 5) is 27.0. The van der Waals surface area contributed by atoms with E-state index in [2.05, 4.69) is 37.6 Å². The molecule has 3 fully saturated rings. The molecule has 0 bridgehead atoms. The van der Waals surface area contributed by atoms with Crippen LogP contribution in [0.25, 0.3) is 0 Å². The molecule has 2 atom stereocenters. The lowest BCUT2D eigenvalue weighted by Crippen LogP contribution is -2.51. The van der Waals surface area contributed by atoms with Crippen LogP contribution in [0.3, 0.4) is 0 Å². The van der Waals surface area contributed by atoms with E-state index in [9.17, 15) is 4.79 Å². The van der Waals surface area contributed by atoms with Gasteiger partial charge in [-0.25, -0.2) is 0 Å². The number of piperazine rings is 1. The third kappa shape index (κ3) is 5.59. The van der Waals surface area contributed by atoms with Crippen LogP contribution in [-0.2, 0) is 11.3 Å². The number of pyridine rings is 1. The molecule has 3 saturated heterocycles. The van der Waals surface area contributed by atoms with Crippen molar-refractivity contribution in [2.45, 2.75) is 51.6 Å². The van der Waals surface area contributed by atoms with Crippen molar-refractivity contribution in [2.75, 3.05) is 58.9 Å². The van der Waals surface area contributed by atoms with Gasteiger partial charge in [0.25, 0.3) is 0 Å². The molecule has 4 rings (SSSR count). The first-order valence-corrected chi connectivity index (χ1v) is 12.1. The van der Waals surface area contributed by atoms with Crippen molar-refractivity contribution in [1.29, 1.82) is 0 Å². The fourth-order valence-electron chi connectivity index (χ4n) is 5.61. The highest BCUT2D eigenvalue weighted by molar-refractivity contribution is 5.76. The molecule has 0 aliphatic carbocycles. The highest BCUT2D eigenvalue weighted by atomic mass is 16.2. The minimum absolute atomic E-state index is 0.371. The number of likely N-dealkylation sites (N-methyl/N-ethyl adjacent to an activating group) is 1. The molecule has 0 unspecified atom stereocenters. The second-order valence-electron chi connectivity index (χ2n) is 9.31. The molecule has 166 valence electrons. The van der Waals surface area contributed by atoms with Crippen LogP contribution < -0.4 is 0 Å². The van der Waals surface area contributed by atoms with E-state index in [1.165, 1.54) is 37.9 Å². The summed E-state index contributed by atoms with van der Waals surface area (Å²) in [6.45, 7) is 12.9. The monoisotopic (exact) mass is 413 g/mol. The zero-order chi connectivity index (χ0) is 20.8. The lowest BCUT2D eigenvalue weighted by Gasteiger charge is -2.43. The van der Waals surface area contributed by atoms with Gasteiger partial charge in [0.2, 0.25) is 5.91 Å². The molecule has 6 heteroatoms. The molecule has 4 heterocycles. The molecule has 0 spiro atoms. The van der Waals surface area contributed by atoms with E-state index >= 15 is 0 Å². The van der Waals surface area contributed by atoms with Crippen LogP contribution in [-0.4, -0.2) is 95.4 Å². The van der Waals surface area contributed by atoms with Gasteiger partial charge >= 0.3 is 0 Å². The average Bonchev–Trinajstić information content (AvgIpc) is 3.33. The maximum atomic E-state index is 12.9. The van der Waals surface area contributed by atoms with Gasteiger partial charge in [-0.1, -0.05) is 13.0 Å². The van der Waals surface area contributed by atoms with Crippen molar-refractivity contribution in [3.63, 3.8) is 0 Å². The highest BCUT2D eigenvalue weighted by Gasteiger charge is 2.35. The molecule has 1 aromatic rings. The first kappa shape index (κ1) is 21.7. The van der Waals surface area contributed by atoms with Crippen LogP contribution in [0, 0.1) is 5.92 Å². The molecule has 0 saturated carbocycles. The number of rotatable bonds is 7. The van der Waals surface area contributed by atoms with Crippen molar-refractivity contribution < 1.29 is 4.79 Å². The van der Waals surface area contributed by atoms with E-state index in [1.807, 2.05) is 18.5 Å². The molecule has 1 aromatic heterocycles. The topological polar surface area (TPSA) is 42.9 Å². The van der Waals surface area contributed by atoms with Gasteiger partial charge in [0.1, 0.15) is 0 Å². The number of carbonyl (C=O) groups excluding carboxylic acids is 1. The van der Waals surface area contributed by atoms with Crippen LogP contribution in [0.1, 0.15) is 44.6 Å². The number of amides is 1. The van der Waals surface area contributed by atoms with Crippen molar-refractivity contribution in [2.24, 2.45) is 5.92 Å². The Morgan fingerprint density at radius 2 is 1.87 bits per heavy atom. The quantitative estimate of drug-likeness (QED) is 0.686. The Labute approximate surface area is 182 Å². The van der Waals surface area contributed by atoms with Gasteiger partial charge in [0.15, 0.2) is 0 Å². The zero-order valence-corrected chi connectivity index (χ0v) is 18.7. The fraction of sp³-hybridized carbons (Fsp3) is 0.750. The minimum Gasteiger partial charge on any atom is -0.340 e. The van der Waals surface area contributed by atoms with E-state index in [1.54, 1.807) is 0 Å². The van der Waals surface area contributed by atoms with Gasteiger partial charge in [-0.15, -0.1) is 0 Å². The van der Waals surface area contributed by atoms with Gasteiger partial charge in [0, 0.05) is 64.1 Å². The summed E-state index contributed by atoms with van der Waals surface area (Å²) in [7, 11) is 0. The Kier molecular flexibility index (Phi) is 7.74. The van der Waals surface area contributed by atoms with Crippen LogP contribution >= 0.6 is 0 Å². The summed E-state index contributed by atoms with van der Waals surface area (Å²) < 4.78 is 0. The molecule has 3 aliphatic heterocycles. The van der Waals surface area contributed by atoms with Gasteiger partial charge < -0.3 is 14.7 Å². The summed E-state index contributed by atoms with van der Waals surface area (Å²) in [5, 5.41) is 0. The van der Waals surface area contributed by atoms with Crippen molar-refractivity contribution in [1.82, 2.24) is 24.6 Å². The van der Waals surface area contributed by atoms with Gasteiger partial charge in [-0.2, -0.15) is 0 Å². The molecule has 3 aliphatic rings. The summed E-state index contributed by atoms with van der Waals surface area (Å²) in [5.41, 5.74) is 1.29. The summed E-state index contributed by atoms with van der Waals surface area (Å²) in [6, 6.07) is 4.86. The predicted octanol–water partition coefficient (Wildman–Crippen LogP) is 2.31. The molecular formula is C24H39N5O. The Bertz CT molecular complexity index is 655. The van der Waals surface area contributed by atoms with Crippen molar-refractivity contribution in [3.8, 4) is 0 Å². The van der Waals surface area contributed by atoms with E-state index < -0.39 is 0 Å². The SMILES string of the molecule is CCN1CCN(C(=O)CC[C@H]2CN(Cc3cccnc3)CC[C@H]2N2CCCC2)CC1. The average molecular weight is 414 g/mol. The number of aromatic nitrogens is 1. The Morgan fingerprint density at radius 3 is 2.57 bits per heavy atom. The Balaban J connectivity index is 1.33. The third-order valence-corrected chi connectivity index (χ3v) is 7.42. The number of likely N-dealkylation sites (tertiary alicyclic amines) is 2. The number of hydrogen-bond donors (Lipinski definition) is 0. The molecule has 0 N–H and O–H groups in total. The van der Waals surface area contributed by atoms with Gasteiger partial charge in [-0.3, -0.25) is 14.7 Å². The normalized spacial score (nSPS) is 26.9. The largest absolute Gasteiger partial charge is 0.340 e. The van der Waals surface area contributed by atoms with E-state index in [4.69, 9.17) is 0 Å². The molecule has 0 radical (unpaired) electrons. The van der Waals surface area contributed by atoms with E-state index in [0.29, 0.717) is 24.3 Å². The fourth-order valence-corrected chi connectivity index (χ4v) is 5.61. The first-order valence-electron chi connectivity index (χ1n) is 12.1. The Hall–Kier alpha value is -1.50. The molecule has 30 heavy (non-hydrogen) atoms. The second-order valence-corrected chi connectivity index (χ2v) is 9.31. The molecule has 1 amide bonds. The predicted molar refractivity (Wildman–Crippen MR) is 120 cm³/mol. The van der Waals surface area contributed by atoms with Gasteiger partial charge in [0.05, 0.1) is 0 Å². The second kappa shape index (κ2) is 10.7. The first-order chi connectivity index (χ1) is 14.7.